The van der Waals surface area contributed by atoms with Crippen LogP contribution in [0.25, 0.3) is 5.69 Å². The minimum absolute atomic E-state index is 0.343. The number of carbonyl (C=O) groups excluding carboxylic acids is 1. The number of nitrogens with zero attached hydrogens (tertiary/aromatic N) is 4. The summed E-state index contributed by atoms with van der Waals surface area (Å²) >= 11 is 1.16. The van der Waals surface area contributed by atoms with Gasteiger partial charge in [0, 0.05) is 5.69 Å². The van der Waals surface area contributed by atoms with Crippen molar-refractivity contribution < 1.29 is 22.7 Å². The highest BCUT2D eigenvalue weighted by molar-refractivity contribution is 8.00. The van der Waals surface area contributed by atoms with Crippen molar-refractivity contribution in [2.75, 3.05) is 5.32 Å². The van der Waals surface area contributed by atoms with Gasteiger partial charge in [-0.3, -0.25) is 4.79 Å². The molecule has 0 saturated carbocycles. The van der Waals surface area contributed by atoms with Crippen molar-refractivity contribution in [3.05, 3.63) is 54.1 Å². The largest absolute Gasteiger partial charge is 0.573 e. The number of aryl methyl sites for hydroxylation is 1. The molecular formula is C18H16F3N5O2S. The first kappa shape index (κ1) is 20.6. The Hall–Kier alpha value is -3.08. The molecule has 1 unspecified atom stereocenters. The Bertz CT molecular complexity index is 992. The standard InChI is InChI=1S/C18H16F3N5O2S/c1-11-4-3-5-14(10-11)26-17(23-24-25-26)29-12(2)16(27)22-13-6-8-15(9-7-13)28-18(19,20)21/h3-10,12H,1-2H3,(H,22,27). The molecule has 152 valence electrons. The van der Waals surface area contributed by atoms with Gasteiger partial charge in [-0.25, -0.2) is 0 Å². The third kappa shape index (κ3) is 5.70. The molecule has 11 heteroatoms. The van der Waals surface area contributed by atoms with Crippen molar-refractivity contribution in [3.63, 3.8) is 0 Å². The van der Waals surface area contributed by atoms with Crippen LogP contribution < -0.4 is 10.1 Å². The first-order valence-electron chi connectivity index (χ1n) is 8.40. The zero-order valence-electron chi connectivity index (χ0n) is 15.3. The number of hydrogen-bond acceptors (Lipinski definition) is 6. The summed E-state index contributed by atoms with van der Waals surface area (Å²) in [4.78, 5) is 12.4. The molecule has 0 fully saturated rings. The van der Waals surface area contributed by atoms with Gasteiger partial charge in [-0.1, -0.05) is 23.9 Å². The molecular weight excluding hydrogens is 407 g/mol. The number of amides is 1. The number of thioether (sulfide) groups is 1. The second-order valence-corrected chi connectivity index (χ2v) is 7.34. The highest BCUT2D eigenvalue weighted by atomic mass is 32.2. The van der Waals surface area contributed by atoms with Crippen LogP contribution in [-0.4, -0.2) is 37.7 Å². The van der Waals surface area contributed by atoms with E-state index in [9.17, 15) is 18.0 Å². The first-order valence-corrected chi connectivity index (χ1v) is 9.28. The fourth-order valence-corrected chi connectivity index (χ4v) is 3.18. The molecule has 0 radical (unpaired) electrons. The lowest BCUT2D eigenvalue weighted by atomic mass is 10.2. The van der Waals surface area contributed by atoms with Gasteiger partial charge in [0.1, 0.15) is 5.75 Å². The predicted molar refractivity (Wildman–Crippen MR) is 101 cm³/mol. The van der Waals surface area contributed by atoms with E-state index in [0.29, 0.717) is 10.8 Å². The molecule has 0 aliphatic heterocycles. The summed E-state index contributed by atoms with van der Waals surface area (Å²) in [5.41, 5.74) is 2.15. The number of alkyl halides is 3. The van der Waals surface area contributed by atoms with Gasteiger partial charge >= 0.3 is 6.36 Å². The molecule has 1 atom stereocenters. The number of nitrogens with one attached hydrogen (secondary N) is 1. The summed E-state index contributed by atoms with van der Waals surface area (Å²) in [5, 5.41) is 14.1. The summed E-state index contributed by atoms with van der Waals surface area (Å²) < 4.78 is 41.9. The fraction of sp³-hybridized carbons (Fsp3) is 0.222. The van der Waals surface area contributed by atoms with E-state index in [4.69, 9.17) is 0 Å². The lowest BCUT2D eigenvalue weighted by molar-refractivity contribution is -0.274. The average Bonchev–Trinajstić information content (AvgIpc) is 3.10. The molecule has 7 nitrogen and oxygen atoms in total. The van der Waals surface area contributed by atoms with Gasteiger partial charge in [-0.05, 0) is 66.2 Å². The van der Waals surface area contributed by atoms with Crippen LogP contribution in [0, 0.1) is 6.92 Å². The van der Waals surface area contributed by atoms with Gasteiger partial charge in [0.15, 0.2) is 0 Å². The normalized spacial score (nSPS) is 12.4. The van der Waals surface area contributed by atoms with Crippen molar-refractivity contribution in [1.29, 1.82) is 0 Å². The van der Waals surface area contributed by atoms with Crippen LogP contribution in [0.3, 0.4) is 0 Å². The third-order valence-corrected chi connectivity index (χ3v) is 4.73. The maximum atomic E-state index is 12.4. The van der Waals surface area contributed by atoms with Crippen LogP contribution in [0.4, 0.5) is 18.9 Å². The van der Waals surface area contributed by atoms with Crippen molar-refractivity contribution in [1.82, 2.24) is 20.2 Å². The van der Waals surface area contributed by atoms with Crippen LogP contribution in [0.15, 0.2) is 53.7 Å². The molecule has 0 bridgehead atoms. The zero-order valence-corrected chi connectivity index (χ0v) is 16.2. The number of ether oxygens (including phenoxy) is 1. The number of rotatable bonds is 6. The van der Waals surface area contributed by atoms with Crippen LogP contribution in [0.5, 0.6) is 5.75 Å². The Morgan fingerprint density at radius 1 is 1.21 bits per heavy atom. The first-order chi connectivity index (χ1) is 13.7. The molecule has 3 aromatic rings. The Labute approximate surface area is 168 Å². The highest BCUT2D eigenvalue weighted by Gasteiger charge is 2.31. The fourth-order valence-electron chi connectivity index (χ4n) is 2.37. The van der Waals surface area contributed by atoms with Crippen molar-refractivity contribution in [3.8, 4) is 11.4 Å². The summed E-state index contributed by atoms with van der Waals surface area (Å²) in [6, 6.07) is 12.5. The molecule has 1 heterocycles. The Balaban J connectivity index is 1.64. The number of benzene rings is 2. The maximum absolute atomic E-state index is 12.4. The zero-order chi connectivity index (χ0) is 21.0. The smallest absolute Gasteiger partial charge is 0.406 e. The molecule has 1 aromatic heterocycles. The second kappa shape index (κ2) is 8.52. The van der Waals surface area contributed by atoms with Gasteiger partial charge in [0.25, 0.3) is 0 Å². The van der Waals surface area contributed by atoms with E-state index in [2.05, 4.69) is 25.6 Å². The maximum Gasteiger partial charge on any atom is 0.573 e. The summed E-state index contributed by atoms with van der Waals surface area (Å²) in [7, 11) is 0. The number of aromatic nitrogens is 4. The Kier molecular flexibility index (Phi) is 6.06. The highest BCUT2D eigenvalue weighted by Crippen LogP contribution is 2.26. The SMILES string of the molecule is Cc1cccc(-n2nnnc2SC(C)C(=O)Nc2ccc(OC(F)(F)F)cc2)c1. The topological polar surface area (TPSA) is 81.9 Å². The van der Waals surface area contributed by atoms with E-state index in [1.165, 1.54) is 16.8 Å². The van der Waals surface area contributed by atoms with Crippen LogP contribution in [0.2, 0.25) is 0 Å². The van der Waals surface area contributed by atoms with E-state index in [1.54, 1.807) is 6.92 Å². The van der Waals surface area contributed by atoms with E-state index in [1.807, 2.05) is 31.2 Å². The predicted octanol–water partition coefficient (Wildman–Crippen LogP) is 3.99. The van der Waals surface area contributed by atoms with E-state index in [0.717, 1.165) is 35.1 Å². The third-order valence-electron chi connectivity index (χ3n) is 3.69. The molecule has 0 aliphatic carbocycles. The van der Waals surface area contributed by atoms with E-state index >= 15 is 0 Å². The quantitative estimate of drug-likeness (QED) is 0.604. The van der Waals surface area contributed by atoms with Crippen molar-refractivity contribution >= 4 is 23.4 Å². The molecule has 1 amide bonds. The minimum atomic E-state index is -4.77. The van der Waals surface area contributed by atoms with E-state index in [-0.39, 0.29) is 11.7 Å². The van der Waals surface area contributed by atoms with Gasteiger partial charge in [-0.2, -0.15) is 4.68 Å². The number of hydrogen-bond donors (Lipinski definition) is 1. The Morgan fingerprint density at radius 3 is 2.59 bits per heavy atom. The molecule has 3 rings (SSSR count). The molecule has 2 aromatic carbocycles. The van der Waals surface area contributed by atoms with Crippen molar-refractivity contribution in [2.45, 2.75) is 30.6 Å². The molecule has 29 heavy (non-hydrogen) atoms. The number of halogens is 3. The molecule has 1 N–H and O–H groups in total. The van der Waals surface area contributed by atoms with Crippen LogP contribution >= 0.6 is 11.8 Å². The van der Waals surface area contributed by atoms with E-state index < -0.39 is 11.6 Å². The molecule has 0 saturated heterocycles. The number of tetrazole rings is 1. The summed E-state index contributed by atoms with van der Waals surface area (Å²) in [6.45, 7) is 3.62. The van der Waals surface area contributed by atoms with Crippen LogP contribution in [0.1, 0.15) is 12.5 Å². The van der Waals surface area contributed by atoms with Gasteiger partial charge in [0.2, 0.25) is 11.1 Å². The average molecular weight is 423 g/mol. The van der Waals surface area contributed by atoms with Crippen molar-refractivity contribution in [2.24, 2.45) is 0 Å². The number of carbonyl (C=O) groups is 1. The monoisotopic (exact) mass is 423 g/mol. The van der Waals surface area contributed by atoms with Gasteiger partial charge in [-0.15, -0.1) is 18.3 Å². The van der Waals surface area contributed by atoms with Gasteiger partial charge < -0.3 is 10.1 Å². The van der Waals surface area contributed by atoms with Crippen LogP contribution in [-0.2, 0) is 4.79 Å². The summed E-state index contributed by atoms with van der Waals surface area (Å²) in [6.07, 6.45) is -4.77. The lowest BCUT2D eigenvalue weighted by Gasteiger charge is -2.13. The molecule has 0 aliphatic rings. The second-order valence-electron chi connectivity index (χ2n) is 6.03. The van der Waals surface area contributed by atoms with Gasteiger partial charge in [0.05, 0.1) is 10.9 Å². The summed E-state index contributed by atoms with van der Waals surface area (Å²) in [5.74, 6) is -0.714. The number of anilines is 1. The Morgan fingerprint density at radius 2 is 1.93 bits per heavy atom. The lowest BCUT2D eigenvalue weighted by Crippen LogP contribution is -2.23. The molecule has 0 spiro atoms. The minimum Gasteiger partial charge on any atom is -0.406 e.